The molecule has 0 aliphatic heterocycles. The Bertz CT molecular complexity index is 935. The van der Waals surface area contributed by atoms with E-state index >= 15 is 0 Å². The number of benzene rings is 1. The fraction of sp³-hybridized carbons (Fsp3) is 0.300. The number of anilines is 2. The highest BCUT2D eigenvalue weighted by atomic mass is 16.5. The van der Waals surface area contributed by atoms with E-state index < -0.39 is 0 Å². The van der Waals surface area contributed by atoms with Crippen LogP contribution in [0.2, 0.25) is 0 Å². The van der Waals surface area contributed by atoms with Gasteiger partial charge in [-0.3, -0.25) is 4.98 Å². The van der Waals surface area contributed by atoms with Crippen LogP contribution in [0.1, 0.15) is 31.2 Å². The van der Waals surface area contributed by atoms with Crippen LogP contribution in [-0.2, 0) is 0 Å². The number of rotatable bonds is 5. The molecule has 138 valence electrons. The summed E-state index contributed by atoms with van der Waals surface area (Å²) in [4.78, 5) is 17.3. The molecular formula is C20H22N6O. The van der Waals surface area contributed by atoms with Crippen LogP contribution in [0.25, 0.3) is 17.1 Å². The SMILES string of the molecule is C=Cc1cnc(NC2CCC(Oc3cc(N)cc4nccnc34)CC2)nc1. The topological polar surface area (TPSA) is 98.8 Å². The fourth-order valence-electron chi connectivity index (χ4n) is 3.36. The van der Waals surface area contributed by atoms with Gasteiger partial charge in [-0.1, -0.05) is 12.7 Å². The zero-order valence-corrected chi connectivity index (χ0v) is 15.0. The van der Waals surface area contributed by atoms with Crippen molar-refractivity contribution < 1.29 is 4.74 Å². The summed E-state index contributed by atoms with van der Waals surface area (Å²) in [5.41, 5.74) is 9.03. The molecule has 0 atom stereocenters. The summed E-state index contributed by atoms with van der Waals surface area (Å²) in [6.45, 7) is 3.71. The minimum atomic E-state index is 0.138. The molecule has 4 rings (SSSR count). The highest BCUT2D eigenvalue weighted by molar-refractivity contribution is 5.84. The quantitative estimate of drug-likeness (QED) is 0.671. The Hall–Kier alpha value is -3.22. The van der Waals surface area contributed by atoms with E-state index in [2.05, 4.69) is 31.8 Å². The van der Waals surface area contributed by atoms with Gasteiger partial charge in [0.15, 0.2) is 0 Å². The average molecular weight is 362 g/mol. The van der Waals surface area contributed by atoms with Crippen molar-refractivity contribution in [1.29, 1.82) is 0 Å². The second kappa shape index (κ2) is 7.57. The number of nitrogen functional groups attached to an aromatic ring is 1. The molecule has 1 saturated carbocycles. The first-order chi connectivity index (χ1) is 13.2. The molecule has 0 saturated heterocycles. The van der Waals surface area contributed by atoms with Crippen molar-refractivity contribution in [2.45, 2.75) is 37.8 Å². The van der Waals surface area contributed by atoms with Gasteiger partial charge in [-0.2, -0.15) is 0 Å². The maximum absolute atomic E-state index is 6.23. The van der Waals surface area contributed by atoms with Crippen LogP contribution < -0.4 is 15.8 Å². The smallest absolute Gasteiger partial charge is 0.222 e. The lowest BCUT2D eigenvalue weighted by atomic mass is 9.93. The molecule has 27 heavy (non-hydrogen) atoms. The Kier molecular flexibility index (Phi) is 4.82. The van der Waals surface area contributed by atoms with Gasteiger partial charge in [-0.25, -0.2) is 15.0 Å². The van der Waals surface area contributed by atoms with Crippen molar-refractivity contribution in [3.63, 3.8) is 0 Å². The second-order valence-electron chi connectivity index (χ2n) is 6.72. The van der Waals surface area contributed by atoms with Gasteiger partial charge in [-0.05, 0) is 31.7 Å². The standard InChI is InChI=1S/C20H22N6O/c1-2-13-11-24-20(25-12-13)26-15-3-5-16(6-4-15)27-18-10-14(21)9-17-19(18)23-8-7-22-17/h2,7-12,15-16H,1,3-6,21H2,(H,24,25,26). The van der Waals surface area contributed by atoms with E-state index in [0.717, 1.165) is 42.3 Å². The van der Waals surface area contributed by atoms with E-state index in [9.17, 15) is 0 Å². The maximum atomic E-state index is 6.23. The molecular weight excluding hydrogens is 340 g/mol. The molecule has 0 unspecified atom stereocenters. The van der Waals surface area contributed by atoms with Crippen molar-refractivity contribution >= 4 is 28.7 Å². The summed E-state index contributed by atoms with van der Waals surface area (Å²) in [5, 5.41) is 3.40. The lowest BCUT2D eigenvalue weighted by Crippen LogP contribution is -2.31. The van der Waals surface area contributed by atoms with E-state index in [-0.39, 0.29) is 6.10 Å². The number of hydrogen-bond donors (Lipinski definition) is 2. The normalized spacial score (nSPS) is 19.6. The van der Waals surface area contributed by atoms with Crippen LogP contribution in [0.4, 0.5) is 11.6 Å². The first-order valence-electron chi connectivity index (χ1n) is 9.09. The lowest BCUT2D eigenvalue weighted by Gasteiger charge is -2.29. The predicted molar refractivity (Wildman–Crippen MR) is 106 cm³/mol. The van der Waals surface area contributed by atoms with Crippen LogP contribution in [0.5, 0.6) is 5.75 Å². The molecule has 1 aromatic carbocycles. The molecule has 2 aromatic heterocycles. The molecule has 0 bridgehead atoms. The molecule has 1 fully saturated rings. The van der Waals surface area contributed by atoms with Gasteiger partial charge in [0.2, 0.25) is 5.95 Å². The zero-order chi connectivity index (χ0) is 18.6. The summed E-state index contributed by atoms with van der Waals surface area (Å²) in [6, 6.07) is 3.99. The van der Waals surface area contributed by atoms with Crippen LogP contribution in [0, 0.1) is 0 Å². The molecule has 3 N–H and O–H groups in total. The van der Waals surface area contributed by atoms with Crippen LogP contribution in [-0.4, -0.2) is 32.1 Å². The lowest BCUT2D eigenvalue weighted by molar-refractivity contribution is 0.152. The Labute approximate surface area is 157 Å². The average Bonchev–Trinajstić information content (AvgIpc) is 2.70. The van der Waals surface area contributed by atoms with Gasteiger partial charge < -0.3 is 15.8 Å². The molecule has 1 aliphatic rings. The molecule has 2 heterocycles. The van der Waals surface area contributed by atoms with E-state index in [0.29, 0.717) is 23.4 Å². The van der Waals surface area contributed by atoms with Crippen molar-refractivity contribution in [2.24, 2.45) is 0 Å². The Morgan fingerprint density at radius 2 is 1.78 bits per heavy atom. The highest BCUT2D eigenvalue weighted by Gasteiger charge is 2.23. The number of hydrogen-bond acceptors (Lipinski definition) is 7. The van der Waals surface area contributed by atoms with E-state index in [1.54, 1.807) is 30.9 Å². The molecule has 0 radical (unpaired) electrons. The molecule has 7 nitrogen and oxygen atoms in total. The second-order valence-corrected chi connectivity index (χ2v) is 6.72. The summed E-state index contributed by atoms with van der Waals surface area (Å²) < 4.78 is 6.23. The number of fused-ring (bicyclic) bond motifs is 1. The van der Waals surface area contributed by atoms with Gasteiger partial charge in [0.05, 0.1) is 11.6 Å². The van der Waals surface area contributed by atoms with Crippen LogP contribution >= 0.6 is 0 Å². The van der Waals surface area contributed by atoms with E-state index in [4.69, 9.17) is 10.5 Å². The summed E-state index contributed by atoms with van der Waals surface area (Å²) in [6.07, 6.45) is 12.6. The zero-order valence-electron chi connectivity index (χ0n) is 15.0. The molecule has 7 heteroatoms. The maximum Gasteiger partial charge on any atom is 0.222 e. The number of ether oxygens (including phenoxy) is 1. The third-order valence-corrected chi connectivity index (χ3v) is 4.77. The molecule has 0 spiro atoms. The minimum Gasteiger partial charge on any atom is -0.488 e. The van der Waals surface area contributed by atoms with Gasteiger partial charge in [0.25, 0.3) is 0 Å². The van der Waals surface area contributed by atoms with Crippen molar-refractivity contribution in [3.05, 3.63) is 49.1 Å². The third-order valence-electron chi connectivity index (χ3n) is 4.77. The van der Waals surface area contributed by atoms with Gasteiger partial charge >= 0.3 is 0 Å². The third kappa shape index (κ3) is 3.97. The van der Waals surface area contributed by atoms with Gasteiger partial charge in [-0.15, -0.1) is 0 Å². The van der Waals surface area contributed by atoms with Crippen molar-refractivity contribution in [1.82, 2.24) is 19.9 Å². The number of nitrogens with two attached hydrogens (primary N) is 1. The van der Waals surface area contributed by atoms with E-state index in [1.165, 1.54) is 0 Å². The number of nitrogens with zero attached hydrogens (tertiary/aromatic N) is 4. The molecule has 1 aliphatic carbocycles. The van der Waals surface area contributed by atoms with Gasteiger partial charge in [0.1, 0.15) is 11.3 Å². The minimum absolute atomic E-state index is 0.138. The predicted octanol–water partition coefficient (Wildman–Crippen LogP) is 3.45. The largest absolute Gasteiger partial charge is 0.488 e. The molecule has 3 aromatic rings. The Balaban J connectivity index is 1.37. The first kappa shape index (κ1) is 17.2. The summed E-state index contributed by atoms with van der Waals surface area (Å²) in [5.74, 6) is 1.36. The van der Waals surface area contributed by atoms with Crippen LogP contribution in [0.15, 0.2) is 43.5 Å². The monoisotopic (exact) mass is 362 g/mol. The summed E-state index contributed by atoms with van der Waals surface area (Å²) >= 11 is 0. The number of aromatic nitrogens is 4. The summed E-state index contributed by atoms with van der Waals surface area (Å²) in [7, 11) is 0. The van der Waals surface area contributed by atoms with Crippen LogP contribution in [0.3, 0.4) is 0 Å². The van der Waals surface area contributed by atoms with Gasteiger partial charge in [0, 0.05) is 48.1 Å². The molecule has 0 amide bonds. The van der Waals surface area contributed by atoms with Crippen molar-refractivity contribution in [2.75, 3.05) is 11.1 Å². The Morgan fingerprint density at radius 3 is 2.52 bits per heavy atom. The Morgan fingerprint density at radius 1 is 1.04 bits per heavy atom. The fourth-order valence-corrected chi connectivity index (χ4v) is 3.36. The first-order valence-corrected chi connectivity index (χ1v) is 9.09. The number of nitrogens with one attached hydrogen (secondary N) is 1. The van der Waals surface area contributed by atoms with E-state index in [1.807, 2.05) is 12.1 Å². The highest BCUT2D eigenvalue weighted by Crippen LogP contribution is 2.30. The van der Waals surface area contributed by atoms with Crippen molar-refractivity contribution in [3.8, 4) is 5.75 Å².